The molecule has 0 radical (unpaired) electrons. The van der Waals surface area contributed by atoms with Crippen molar-refractivity contribution in [3.05, 3.63) is 46.8 Å². The number of nitrogens with one attached hydrogen (secondary N) is 1. The first-order chi connectivity index (χ1) is 12.0. The monoisotopic (exact) mass is 390 g/mol. The largest absolute Gasteiger partial charge is 0.351 e. The van der Waals surface area contributed by atoms with E-state index in [-0.39, 0.29) is 0 Å². The number of hydrogen-bond donors (Lipinski definition) is 1. The average molecular weight is 391 g/mol. The molecule has 0 aliphatic heterocycles. The van der Waals surface area contributed by atoms with Crippen molar-refractivity contribution in [3.63, 3.8) is 0 Å². The summed E-state index contributed by atoms with van der Waals surface area (Å²) in [6, 6.07) is 10.9. The minimum Gasteiger partial charge on any atom is -0.351 e. The zero-order chi connectivity index (χ0) is 17.6. The molecule has 0 aliphatic rings. The van der Waals surface area contributed by atoms with Crippen molar-refractivity contribution in [1.82, 2.24) is 15.2 Å². The molecular formula is C16H14N4O2S3. The third-order valence-electron chi connectivity index (χ3n) is 3.84. The summed E-state index contributed by atoms with van der Waals surface area (Å²) in [7, 11) is -2.02. The summed E-state index contributed by atoms with van der Waals surface area (Å²) in [6.07, 6.45) is 0. The summed E-state index contributed by atoms with van der Waals surface area (Å²) in [4.78, 5) is 3.30. The molecule has 0 bridgehead atoms. The van der Waals surface area contributed by atoms with Crippen LogP contribution in [0.4, 0.5) is 5.69 Å². The van der Waals surface area contributed by atoms with Crippen molar-refractivity contribution in [2.75, 3.05) is 11.4 Å². The molecular weight excluding hydrogens is 376 g/mol. The number of fused-ring (bicyclic) bond motifs is 1. The van der Waals surface area contributed by atoms with E-state index < -0.39 is 10.0 Å². The fraction of sp³-hybridized carbons (Fsp3) is 0.125. The Labute approximate surface area is 152 Å². The highest BCUT2D eigenvalue weighted by Gasteiger charge is 2.24. The number of rotatable bonds is 4. The van der Waals surface area contributed by atoms with Gasteiger partial charge in [0.05, 0.1) is 16.9 Å². The van der Waals surface area contributed by atoms with Crippen LogP contribution in [0.15, 0.2) is 46.0 Å². The van der Waals surface area contributed by atoms with Crippen molar-refractivity contribution in [2.45, 2.75) is 11.1 Å². The van der Waals surface area contributed by atoms with Gasteiger partial charge in [-0.25, -0.2) is 8.42 Å². The molecule has 4 rings (SSSR count). The molecule has 0 unspecified atom stereocenters. The zero-order valence-electron chi connectivity index (χ0n) is 13.4. The molecule has 6 nitrogen and oxygen atoms in total. The number of aromatic amines is 1. The van der Waals surface area contributed by atoms with Gasteiger partial charge in [0.15, 0.2) is 5.01 Å². The van der Waals surface area contributed by atoms with Crippen LogP contribution < -0.4 is 4.31 Å². The van der Waals surface area contributed by atoms with Crippen molar-refractivity contribution in [1.29, 1.82) is 0 Å². The predicted octanol–water partition coefficient (Wildman–Crippen LogP) is 3.88. The van der Waals surface area contributed by atoms with Crippen molar-refractivity contribution in [3.8, 4) is 10.7 Å². The molecule has 0 aliphatic carbocycles. The Hall–Kier alpha value is -2.23. The molecule has 0 fully saturated rings. The second-order valence-corrected chi connectivity index (χ2v) is 9.78. The number of nitrogens with zero attached hydrogens (tertiary/aromatic N) is 3. The fourth-order valence-electron chi connectivity index (χ4n) is 2.60. The second-order valence-electron chi connectivity index (χ2n) is 5.46. The van der Waals surface area contributed by atoms with E-state index in [0.29, 0.717) is 9.90 Å². The number of sulfonamides is 1. The van der Waals surface area contributed by atoms with Gasteiger partial charge in [-0.1, -0.05) is 29.5 Å². The lowest BCUT2D eigenvalue weighted by Crippen LogP contribution is -2.26. The molecule has 0 saturated carbocycles. The molecule has 0 atom stereocenters. The lowest BCUT2D eigenvalue weighted by Gasteiger charge is -2.19. The Morgan fingerprint density at radius 2 is 2.00 bits per heavy atom. The SMILES string of the molecule is Cc1nnc(-c2cc3cccc(N(C)S(=O)(=O)c4cccs4)c3[nH]2)s1. The van der Waals surface area contributed by atoms with E-state index in [1.807, 2.05) is 25.1 Å². The summed E-state index contributed by atoms with van der Waals surface area (Å²) >= 11 is 2.70. The molecule has 3 aromatic heterocycles. The van der Waals surface area contributed by atoms with E-state index in [9.17, 15) is 8.42 Å². The molecule has 1 aromatic carbocycles. The normalized spacial score (nSPS) is 11.9. The van der Waals surface area contributed by atoms with Crippen LogP contribution in [0.2, 0.25) is 0 Å². The van der Waals surface area contributed by atoms with E-state index in [0.717, 1.165) is 26.6 Å². The number of anilines is 1. The van der Waals surface area contributed by atoms with Gasteiger partial charge in [0.25, 0.3) is 10.0 Å². The van der Waals surface area contributed by atoms with Crippen molar-refractivity contribution >= 4 is 49.3 Å². The minimum atomic E-state index is -3.58. The topological polar surface area (TPSA) is 79.0 Å². The van der Waals surface area contributed by atoms with Gasteiger partial charge in [-0.2, -0.15) is 0 Å². The number of para-hydroxylation sites is 1. The molecule has 128 valence electrons. The molecule has 0 saturated heterocycles. The minimum absolute atomic E-state index is 0.318. The number of hydrogen-bond acceptors (Lipinski definition) is 6. The van der Waals surface area contributed by atoms with Crippen molar-refractivity contribution < 1.29 is 8.42 Å². The number of aryl methyl sites for hydroxylation is 1. The van der Waals surface area contributed by atoms with Crippen LogP contribution in [0.1, 0.15) is 5.01 Å². The first-order valence-corrected chi connectivity index (χ1v) is 10.5. The van der Waals surface area contributed by atoms with Crippen LogP contribution in [0, 0.1) is 6.92 Å². The van der Waals surface area contributed by atoms with E-state index in [4.69, 9.17) is 0 Å². The number of aromatic nitrogens is 3. The van der Waals surface area contributed by atoms with Crippen LogP contribution in [0.5, 0.6) is 0 Å². The Morgan fingerprint density at radius 1 is 1.16 bits per heavy atom. The quantitative estimate of drug-likeness (QED) is 0.573. The fourth-order valence-corrected chi connectivity index (χ4v) is 5.63. The lowest BCUT2D eigenvalue weighted by atomic mass is 10.2. The molecule has 9 heteroatoms. The Bertz CT molecular complexity index is 1140. The van der Waals surface area contributed by atoms with Crippen LogP contribution in [-0.4, -0.2) is 30.6 Å². The van der Waals surface area contributed by atoms with Gasteiger partial charge >= 0.3 is 0 Å². The number of benzene rings is 1. The van der Waals surface area contributed by atoms with Gasteiger partial charge in [0.2, 0.25) is 0 Å². The highest BCUT2D eigenvalue weighted by Crippen LogP contribution is 2.34. The first-order valence-electron chi connectivity index (χ1n) is 7.41. The standard InChI is InChI=1S/C16H14N4O2S3/c1-10-18-19-16(24-10)12-9-11-5-3-6-13(15(11)17-12)20(2)25(21,22)14-7-4-8-23-14/h3-9,17H,1-2H3. The van der Waals surface area contributed by atoms with Gasteiger partial charge < -0.3 is 4.98 Å². The highest BCUT2D eigenvalue weighted by molar-refractivity contribution is 7.94. The second kappa shape index (κ2) is 5.94. The third-order valence-corrected chi connectivity index (χ3v) is 7.86. The predicted molar refractivity (Wildman–Crippen MR) is 102 cm³/mol. The van der Waals surface area contributed by atoms with Gasteiger partial charge in [-0.05, 0) is 30.5 Å². The summed E-state index contributed by atoms with van der Waals surface area (Å²) in [5.74, 6) is 0. The summed E-state index contributed by atoms with van der Waals surface area (Å²) in [5, 5.41) is 12.5. The Kier molecular flexibility index (Phi) is 3.86. The third kappa shape index (κ3) is 2.74. The van der Waals surface area contributed by atoms with Crippen LogP contribution in [0.25, 0.3) is 21.6 Å². The molecule has 4 aromatic rings. The Morgan fingerprint density at radius 3 is 2.68 bits per heavy atom. The maximum absolute atomic E-state index is 12.8. The maximum atomic E-state index is 12.8. The van der Waals surface area contributed by atoms with Crippen LogP contribution >= 0.6 is 22.7 Å². The zero-order valence-corrected chi connectivity index (χ0v) is 15.9. The van der Waals surface area contributed by atoms with E-state index >= 15 is 0 Å². The van der Waals surface area contributed by atoms with Gasteiger partial charge in [0.1, 0.15) is 9.22 Å². The van der Waals surface area contributed by atoms with Gasteiger partial charge in [-0.3, -0.25) is 4.31 Å². The average Bonchev–Trinajstić information content (AvgIpc) is 3.32. The lowest BCUT2D eigenvalue weighted by molar-refractivity contribution is 0.596. The van der Waals surface area contributed by atoms with E-state index in [2.05, 4.69) is 15.2 Å². The summed E-state index contributed by atoms with van der Waals surface area (Å²) in [5.41, 5.74) is 2.18. The van der Waals surface area contributed by atoms with Gasteiger partial charge in [0, 0.05) is 12.4 Å². The van der Waals surface area contributed by atoms with Gasteiger partial charge in [-0.15, -0.1) is 21.5 Å². The summed E-state index contributed by atoms with van der Waals surface area (Å²) < 4.78 is 27.3. The maximum Gasteiger partial charge on any atom is 0.273 e. The molecule has 1 N–H and O–H groups in total. The van der Waals surface area contributed by atoms with E-state index in [1.54, 1.807) is 30.6 Å². The van der Waals surface area contributed by atoms with E-state index in [1.165, 1.54) is 27.0 Å². The van der Waals surface area contributed by atoms with Crippen LogP contribution in [-0.2, 0) is 10.0 Å². The molecule has 3 heterocycles. The highest BCUT2D eigenvalue weighted by atomic mass is 32.2. The van der Waals surface area contributed by atoms with Crippen molar-refractivity contribution in [2.24, 2.45) is 0 Å². The van der Waals surface area contributed by atoms with Crippen LogP contribution in [0.3, 0.4) is 0 Å². The number of H-pyrrole nitrogens is 1. The molecule has 25 heavy (non-hydrogen) atoms. The number of thiophene rings is 1. The smallest absolute Gasteiger partial charge is 0.273 e. The molecule has 0 spiro atoms. The Balaban J connectivity index is 1.84. The molecule has 0 amide bonds. The first kappa shape index (κ1) is 16.2. The summed E-state index contributed by atoms with van der Waals surface area (Å²) in [6.45, 7) is 1.90.